The number of rotatable bonds is 7. The number of aromatic nitrogens is 4. The predicted molar refractivity (Wildman–Crippen MR) is 129 cm³/mol. The first-order chi connectivity index (χ1) is 16.1. The Hall–Kier alpha value is -2.91. The van der Waals surface area contributed by atoms with Crippen LogP contribution in [0.5, 0.6) is 0 Å². The molecule has 1 aromatic carbocycles. The highest BCUT2D eigenvalue weighted by molar-refractivity contribution is 5.77. The van der Waals surface area contributed by atoms with Crippen LogP contribution in [0.15, 0.2) is 33.9 Å². The number of hydrogen-bond donors (Lipinski definition) is 0. The number of ether oxygens (including phenoxy) is 1. The number of anilines is 2. The van der Waals surface area contributed by atoms with E-state index in [1.807, 2.05) is 4.57 Å². The average molecular weight is 453 g/mol. The van der Waals surface area contributed by atoms with E-state index in [9.17, 15) is 9.59 Å². The molecule has 3 aromatic rings. The summed E-state index contributed by atoms with van der Waals surface area (Å²) in [6.45, 7) is 7.68. The number of hydrogen-bond acceptors (Lipinski definition) is 6. The molecule has 5 rings (SSSR count). The minimum absolute atomic E-state index is 0.253. The quantitative estimate of drug-likeness (QED) is 0.543. The summed E-state index contributed by atoms with van der Waals surface area (Å²) >= 11 is 0. The number of unbranched alkanes of at least 4 members (excludes halogenated alkanes) is 1. The Morgan fingerprint density at radius 3 is 2.48 bits per heavy atom. The molecule has 1 fully saturated rings. The molecule has 2 aliphatic heterocycles. The van der Waals surface area contributed by atoms with Gasteiger partial charge < -0.3 is 14.2 Å². The van der Waals surface area contributed by atoms with Crippen molar-refractivity contribution in [1.29, 1.82) is 0 Å². The summed E-state index contributed by atoms with van der Waals surface area (Å²) < 4.78 is 10.2. The molecule has 0 amide bonds. The van der Waals surface area contributed by atoms with Crippen LogP contribution in [-0.4, -0.2) is 63.0 Å². The van der Waals surface area contributed by atoms with E-state index in [-0.39, 0.29) is 11.2 Å². The maximum absolute atomic E-state index is 13.4. The van der Waals surface area contributed by atoms with E-state index in [4.69, 9.17) is 9.72 Å². The summed E-state index contributed by atoms with van der Waals surface area (Å²) in [5, 5.41) is 0. The lowest BCUT2D eigenvalue weighted by Gasteiger charge is -2.26. The molecule has 0 aliphatic carbocycles. The SMILES string of the molecule is CCCCc1ccc(N2CCn3c2nc2c3c(=O)n(CCN3CCOCC3)c(=O)n2C)cc1. The third-order valence-corrected chi connectivity index (χ3v) is 6.81. The molecule has 9 heteroatoms. The van der Waals surface area contributed by atoms with Gasteiger partial charge in [0.2, 0.25) is 5.95 Å². The van der Waals surface area contributed by atoms with Gasteiger partial charge in [0.05, 0.1) is 13.2 Å². The van der Waals surface area contributed by atoms with Crippen LogP contribution in [0.3, 0.4) is 0 Å². The van der Waals surface area contributed by atoms with Crippen molar-refractivity contribution in [3.05, 3.63) is 50.7 Å². The maximum atomic E-state index is 13.4. The number of morpholine rings is 1. The van der Waals surface area contributed by atoms with Gasteiger partial charge in [0.15, 0.2) is 11.2 Å². The lowest BCUT2D eigenvalue weighted by atomic mass is 10.1. The molecule has 176 valence electrons. The number of aryl methyl sites for hydroxylation is 2. The second-order valence-corrected chi connectivity index (χ2v) is 8.91. The Labute approximate surface area is 192 Å². The lowest BCUT2D eigenvalue weighted by Crippen LogP contribution is -2.44. The van der Waals surface area contributed by atoms with Gasteiger partial charge >= 0.3 is 5.69 Å². The van der Waals surface area contributed by atoms with Crippen molar-refractivity contribution in [3.8, 4) is 0 Å². The predicted octanol–water partition coefficient (Wildman–Crippen LogP) is 1.72. The zero-order valence-corrected chi connectivity index (χ0v) is 19.5. The van der Waals surface area contributed by atoms with Crippen molar-refractivity contribution in [1.82, 2.24) is 23.6 Å². The molecule has 0 spiro atoms. The van der Waals surface area contributed by atoms with Crippen molar-refractivity contribution in [2.45, 2.75) is 39.3 Å². The molecule has 0 saturated carbocycles. The second kappa shape index (κ2) is 9.15. The zero-order valence-electron chi connectivity index (χ0n) is 19.5. The molecule has 0 atom stereocenters. The lowest BCUT2D eigenvalue weighted by molar-refractivity contribution is 0.0361. The minimum Gasteiger partial charge on any atom is -0.379 e. The highest BCUT2D eigenvalue weighted by Crippen LogP contribution is 2.31. The van der Waals surface area contributed by atoms with Crippen LogP contribution in [0, 0.1) is 0 Å². The van der Waals surface area contributed by atoms with Gasteiger partial charge in [0, 0.05) is 52.0 Å². The summed E-state index contributed by atoms with van der Waals surface area (Å²) in [7, 11) is 1.70. The molecule has 1 saturated heterocycles. The monoisotopic (exact) mass is 452 g/mol. The molecule has 9 nitrogen and oxygen atoms in total. The first-order valence-corrected chi connectivity index (χ1v) is 11.9. The van der Waals surface area contributed by atoms with Gasteiger partial charge in [-0.1, -0.05) is 25.5 Å². The van der Waals surface area contributed by atoms with Crippen LogP contribution in [0.4, 0.5) is 11.6 Å². The fourth-order valence-electron chi connectivity index (χ4n) is 4.81. The Bertz CT molecular complexity index is 1250. The molecule has 2 aromatic heterocycles. The first-order valence-electron chi connectivity index (χ1n) is 11.9. The molecule has 0 radical (unpaired) electrons. The highest BCUT2D eigenvalue weighted by Gasteiger charge is 2.28. The summed E-state index contributed by atoms with van der Waals surface area (Å²) in [6, 6.07) is 8.59. The fraction of sp³-hybridized carbons (Fsp3) is 0.542. The summed E-state index contributed by atoms with van der Waals surface area (Å²) in [4.78, 5) is 35.5. The summed E-state index contributed by atoms with van der Waals surface area (Å²) in [5.74, 6) is 0.726. The van der Waals surface area contributed by atoms with Crippen molar-refractivity contribution in [2.24, 2.45) is 7.05 Å². The second-order valence-electron chi connectivity index (χ2n) is 8.91. The number of fused-ring (bicyclic) bond motifs is 3. The molecule has 0 N–H and O–H groups in total. The molecule has 0 bridgehead atoms. The van der Waals surface area contributed by atoms with Gasteiger partial charge in [-0.15, -0.1) is 0 Å². The van der Waals surface area contributed by atoms with E-state index < -0.39 is 0 Å². The molecule has 33 heavy (non-hydrogen) atoms. The number of nitrogens with zero attached hydrogens (tertiary/aromatic N) is 6. The standard InChI is InChI=1S/C24H32N6O3/c1-3-4-5-18-6-8-19(9-7-18)28-12-13-29-20-21(25-23(28)29)26(2)24(32)30(22(20)31)11-10-27-14-16-33-17-15-27/h6-9H,3-5,10-17H2,1-2H3. The number of imidazole rings is 1. The molecule has 0 unspecified atom stereocenters. The van der Waals surface area contributed by atoms with Gasteiger partial charge in [0.1, 0.15) is 0 Å². The third kappa shape index (κ3) is 4.00. The zero-order chi connectivity index (χ0) is 22.9. The summed E-state index contributed by atoms with van der Waals surface area (Å²) in [6.07, 6.45) is 3.45. The maximum Gasteiger partial charge on any atom is 0.332 e. The normalized spacial score (nSPS) is 16.6. The van der Waals surface area contributed by atoms with Crippen LogP contribution < -0.4 is 16.1 Å². The minimum atomic E-state index is -0.315. The van der Waals surface area contributed by atoms with E-state index in [2.05, 4.69) is 41.0 Å². The fourth-order valence-corrected chi connectivity index (χ4v) is 4.81. The summed E-state index contributed by atoms with van der Waals surface area (Å²) in [5.41, 5.74) is 2.78. The van der Waals surface area contributed by atoms with Crippen LogP contribution in [-0.2, 0) is 31.3 Å². The first kappa shape index (κ1) is 21.9. The molecule has 2 aliphatic rings. The average Bonchev–Trinajstić information content (AvgIpc) is 3.42. The van der Waals surface area contributed by atoms with Gasteiger partial charge in [-0.2, -0.15) is 4.98 Å². The molecular weight excluding hydrogens is 420 g/mol. The van der Waals surface area contributed by atoms with Gasteiger partial charge in [-0.25, -0.2) is 4.79 Å². The van der Waals surface area contributed by atoms with Crippen molar-refractivity contribution >= 4 is 22.8 Å². The Morgan fingerprint density at radius 1 is 1.00 bits per heavy atom. The van der Waals surface area contributed by atoms with E-state index in [1.165, 1.54) is 27.5 Å². The van der Waals surface area contributed by atoms with Crippen molar-refractivity contribution in [2.75, 3.05) is 44.3 Å². The van der Waals surface area contributed by atoms with Gasteiger partial charge in [0.25, 0.3) is 5.56 Å². The topological polar surface area (TPSA) is 77.5 Å². The smallest absolute Gasteiger partial charge is 0.332 e. The van der Waals surface area contributed by atoms with Crippen molar-refractivity contribution < 1.29 is 4.74 Å². The molecular formula is C24H32N6O3. The highest BCUT2D eigenvalue weighted by atomic mass is 16.5. The third-order valence-electron chi connectivity index (χ3n) is 6.81. The van der Waals surface area contributed by atoms with Gasteiger partial charge in [-0.05, 0) is 30.5 Å². The van der Waals surface area contributed by atoms with E-state index in [0.717, 1.165) is 37.7 Å². The van der Waals surface area contributed by atoms with Gasteiger partial charge in [-0.3, -0.25) is 18.8 Å². The van der Waals surface area contributed by atoms with Crippen LogP contribution in [0.1, 0.15) is 25.3 Å². The van der Waals surface area contributed by atoms with Crippen LogP contribution in [0.25, 0.3) is 11.2 Å². The van der Waals surface area contributed by atoms with Crippen LogP contribution in [0.2, 0.25) is 0 Å². The number of benzene rings is 1. The van der Waals surface area contributed by atoms with E-state index in [0.29, 0.717) is 44.0 Å². The Kier molecular flexibility index (Phi) is 6.07. The molecule has 4 heterocycles. The van der Waals surface area contributed by atoms with Crippen molar-refractivity contribution in [3.63, 3.8) is 0 Å². The Morgan fingerprint density at radius 2 is 1.76 bits per heavy atom. The van der Waals surface area contributed by atoms with E-state index >= 15 is 0 Å². The van der Waals surface area contributed by atoms with E-state index in [1.54, 1.807) is 7.05 Å². The largest absolute Gasteiger partial charge is 0.379 e. The van der Waals surface area contributed by atoms with Crippen LogP contribution >= 0.6 is 0 Å². The Balaban J connectivity index is 1.47.